The van der Waals surface area contributed by atoms with Crippen LogP contribution in [0.5, 0.6) is 6.01 Å². The van der Waals surface area contributed by atoms with Crippen LogP contribution < -0.4 is 20.5 Å². The molecule has 2 aromatic rings. The minimum Gasteiger partial charge on any atom is -0.459 e. The van der Waals surface area contributed by atoms with Crippen molar-refractivity contribution in [2.75, 3.05) is 6.54 Å². The van der Waals surface area contributed by atoms with Gasteiger partial charge in [0, 0.05) is 18.9 Å². The van der Waals surface area contributed by atoms with Crippen LogP contribution >= 0.6 is 0 Å². The number of aromatic nitrogens is 2. The number of fused-ring (bicyclic) bond motifs is 1. The lowest BCUT2D eigenvalue weighted by Crippen LogP contribution is -2.58. The molecule has 1 aromatic heterocycles. The Hall–Kier alpha value is -4.14. The fourth-order valence-corrected chi connectivity index (χ4v) is 8.76. The van der Waals surface area contributed by atoms with Crippen LogP contribution in [0.4, 0.5) is 4.79 Å². The molecule has 0 spiro atoms. The molecule has 3 fully saturated rings. The summed E-state index contributed by atoms with van der Waals surface area (Å²) in [5.74, 6) is -1.41. The number of carbonyl (C=O) groups is 4. The predicted octanol–water partition coefficient (Wildman–Crippen LogP) is 4.56. The number of imidazole rings is 1. The number of allylic oxidation sites excluding steroid dienone is 2. The largest absolute Gasteiger partial charge is 0.459 e. The van der Waals surface area contributed by atoms with Crippen LogP contribution in [0, 0.1) is 17.3 Å². The van der Waals surface area contributed by atoms with Crippen molar-refractivity contribution in [2.45, 2.75) is 135 Å². The van der Waals surface area contributed by atoms with Gasteiger partial charge in [-0.25, -0.2) is 13.2 Å². The summed E-state index contributed by atoms with van der Waals surface area (Å²) in [6, 6.07) is 5.93. The lowest BCUT2D eigenvalue weighted by molar-refractivity contribution is -0.141. The molecule has 53 heavy (non-hydrogen) atoms. The van der Waals surface area contributed by atoms with E-state index < -0.39 is 61.9 Å². The first-order valence-electron chi connectivity index (χ1n) is 18.7. The molecule has 4 amide bonds. The van der Waals surface area contributed by atoms with Crippen LogP contribution in [0.2, 0.25) is 0 Å². The second kappa shape index (κ2) is 15.3. The van der Waals surface area contributed by atoms with Gasteiger partial charge in [-0.15, -0.1) is 0 Å². The average molecular weight is 757 g/mol. The molecule has 4 N–H and O–H groups in total. The summed E-state index contributed by atoms with van der Waals surface area (Å²) in [5.41, 5.74) is 5.85. The molecular formula is C38H56N6O8S. The third-order valence-electron chi connectivity index (χ3n) is 10.4. The van der Waals surface area contributed by atoms with E-state index in [1.54, 1.807) is 20.8 Å². The first-order valence-corrected chi connectivity index (χ1v) is 20.2. The van der Waals surface area contributed by atoms with Gasteiger partial charge in [-0.05, 0) is 82.8 Å². The number of unbranched alkanes of at least 4 members (excludes halogenated alkanes) is 1. The number of hydrogen-bond acceptors (Lipinski definition) is 9. The molecule has 1 aliphatic heterocycles. The summed E-state index contributed by atoms with van der Waals surface area (Å²) in [7, 11) is -3.73. The molecule has 1 saturated heterocycles. The number of para-hydroxylation sites is 2. The third-order valence-corrected chi connectivity index (χ3v) is 12.6. The van der Waals surface area contributed by atoms with E-state index in [4.69, 9.17) is 20.2 Å². The zero-order chi connectivity index (χ0) is 38.9. The van der Waals surface area contributed by atoms with Gasteiger partial charge >= 0.3 is 6.09 Å². The molecule has 3 aliphatic rings. The van der Waals surface area contributed by atoms with Crippen molar-refractivity contribution in [1.29, 1.82) is 0 Å². The maximum atomic E-state index is 14.0. The quantitative estimate of drug-likeness (QED) is 0.173. The Morgan fingerprint density at radius 3 is 2.38 bits per heavy atom. The zero-order valence-electron chi connectivity index (χ0n) is 32.0. The lowest BCUT2D eigenvalue weighted by Gasteiger charge is -2.35. The van der Waals surface area contributed by atoms with Gasteiger partial charge in [0.2, 0.25) is 27.7 Å². The Balaban J connectivity index is 1.22. The van der Waals surface area contributed by atoms with E-state index in [2.05, 4.69) is 10.0 Å². The van der Waals surface area contributed by atoms with Crippen LogP contribution in [0.3, 0.4) is 0 Å². The second-order valence-electron chi connectivity index (χ2n) is 16.9. The molecule has 292 valence electrons. The Labute approximate surface area is 312 Å². The van der Waals surface area contributed by atoms with E-state index in [0.29, 0.717) is 50.2 Å². The van der Waals surface area contributed by atoms with E-state index in [0.717, 1.165) is 18.4 Å². The summed E-state index contributed by atoms with van der Waals surface area (Å²) in [4.78, 5) is 57.9. The number of primary amides is 1. The number of sulfonamides is 1. The fraction of sp³-hybridized carbons (Fsp3) is 0.658. The van der Waals surface area contributed by atoms with Gasteiger partial charge in [0.1, 0.15) is 23.8 Å². The summed E-state index contributed by atoms with van der Waals surface area (Å²) in [6.45, 7) is 13.1. The van der Waals surface area contributed by atoms with Gasteiger partial charge in [-0.2, -0.15) is 4.98 Å². The predicted molar refractivity (Wildman–Crippen MR) is 200 cm³/mol. The highest BCUT2D eigenvalue weighted by atomic mass is 32.2. The fourth-order valence-electron chi connectivity index (χ4n) is 7.07. The number of alkyl carbamates (subject to hydrolysis) is 1. The third kappa shape index (κ3) is 9.51. The van der Waals surface area contributed by atoms with Crippen LogP contribution in [0.1, 0.15) is 99.8 Å². The molecule has 3 unspecified atom stereocenters. The van der Waals surface area contributed by atoms with E-state index in [9.17, 15) is 27.6 Å². The minimum atomic E-state index is -3.73. The first kappa shape index (κ1) is 40.1. The highest BCUT2D eigenvalue weighted by Crippen LogP contribution is 2.48. The number of nitrogens with two attached hydrogens (primary N) is 1. The van der Waals surface area contributed by atoms with Gasteiger partial charge in [0.25, 0.3) is 6.01 Å². The number of rotatable bonds is 15. The molecule has 14 nitrogen and oxygen atoms in total. The average Bonchev–Trinajstić information content (AvgIpc) is 3.96. The van der Waals surface area contributed by atoms with E-state index >= 15 is 0 Å². The van der Waals surface area contributed by atoms with Crippen molar-refractivity contribution < 1.29 is 37.1 Å². The van der Waals surface area contributed by atoms with Crippen molar-refractivity contribution in [3.05, 3.63) is 36.4 Å². The number of nitrogens with zero attached hydrogens (tertiary/aromatic N) is 3. The molecular weight excluding hydrogens is 701 g/mol. The Morgan fingerprint density at radius 1 is 1.08 bits per heavy atom. The first-order chi connectivity index (χ1) is 24.7. The highest BCUT2D eigenvalue weighted by molar-refractivity contribution is 7.91. The minimum absolute atomic E-state index is 0.0546. The maximum absolute atomic E-state index is 14.0. The highest BCUT2D eigenvalue weighted by Gasteiger charge is 2.55. The molecule has 2 heterocycles. The summed E-state index contributed by atoms with van der Waals surface area (Å²) in [5, 5.41) is 2.70. The smallest absolute Gasteiger partial charge is 0.408 e. The van der Waals surface area contributed by atoms with E-state index in [-0.39, 0.29) is 30.7 Å². The standard InChI is InChI=1S/C38H56N6O8S/c1-8-24-21-26(24)32(46)42-53(49,50)38(18-19-38)17-13-9-10-14-20-43-28-16-12-11-15-27(28)40-34(43)51-25-22-29(31(39)45)44(23-25)33(47)30(36(2,3)4)41-35(48)52-37(5,6)7/h10-12,14-16,24-26,29-30H,8-9,13,17-23H2,1-7H3,(H2,39,45)(H,41,48)(H,42,46)/b14-10-/t24?,25?,26-,29-,30?/m0/s1. The summed E-state index contributed by atoms with van der Waals surface area (Å²) in [6.07, 6.45) is 7.30. The maximum Gasteiger partial charge on any atom is 0.408 e. The van der Waals surface area contributed by atoms with Crippen LogP contribution in [0.25, 0.3) is 11.0 Å². The molecule has 0 radical (unpaired) electrons. The molecule has 1 aromatic carbocycles. The normalized spacial score (nSPS) is 23.1. The summed E-state index contributed by atoms with van der Waals surface area (Å²) < 4.78 is 41.4. The monoisotopic (exact) mass is 756 g/mol. The van der Waals surface area contributed by atoms with Crippen LogP contribution in [-0.4, -0.2) is 81.8 Å². The SMILES string of the molecule is CCC1C[C@@H]1C(=O)NS(=O)(=O)C1(CCC/C=C\Cn2c(OC3C[C@@H](C(N)=O)N(C(=O)C(NC(=O)OC(C)(C)C)C(C)(C)C)C3)nc3ccccc32)CC1. The zero-order valence-corrected chi connectivity index (χ0v) is 32.8. The molecule has 0 bridgehead atoms. The topological polar surface area (TPSA) is 192 Å². The molecule has 5 rings (SSSR count). The van der Waals surface area contributed by atoms with Crippen molar-refractivity contribution >= 4 is 44.9 Å². The van der Waals surface area contributed by atoms with Crippen molar-refractivity contribution in [2.24, 2.45) is 23.0 Å². The number of amides is 4. The number of carbonyl (C=O) groups excluding carboxylic acids is 4. The lowest BCUT2D eigenvalue weighted by atomic mass is 9.85. The number of nitrogens with one attached hydrogen (secondary N) is 2. The van der Waals surface area contributed by atoms with Gasteiger partial charge in [0.15, 0.2) is 0 Å². The number of ether oxygens (including phenoxy) is 2. The van der Waals surface area contributed by atoms with E-state index in [1.165, 1.54) is 4.90 Å². The van der Waals surface area contributed by atoms with Crippen molar-refractivity contribution in [1.82, 2.24) is 24.5 Å². The van der Waals surface area contributed by atoms with E-state index in [1.807, 2.05) is 68.7 Å². The number of likely N-dealkylation sites (tertiary alicyclic amines) is 1. The van der Waals surface area contributed by atoms with Crippen molar-refractivity contribution in [3.8, 4) is 6.01 Å². The number of hydrogen-bond donors (Lipinski definition) is 3. The number of benzene rings is 1. The van der Waals surface area contributed by atoms with Gasteiger partial charge in [-0.1, -0.05) is 58.4 Å². The van der Waals surface area contributed by atoms with Gasteiger partial charge in [0.05, 0.1) is 22.3 Å². The summed E-state index contributed by atoms with van der Waals surface area (Å²) >= 11 is 0. The van der Waals surface area contributed by atoms with Crippen LogP contribution in [-0.2, 0) is 35.7 Å². The molecule has 2 aliphatic carbocycles. The van der Waals surface area contributed by atoms with Crippen molar-refractivity contribution in [3.63, 3.8) is 0 Å². The molecule has 5 atom stereocenters. The Bertz CT molecular complexity index is 1840. The Morgan fingerprint density at radius 2 is 1.77 bits per heavy atom. The van der Waals surface area contributed by atoms with Gasteiger partial charge in [-0.3, -0.25) is 23.7 Å². The Kier molecular flexibility index (Phi) is 11.6. The van der Waals surface area contributed by atoms with Gasteiger partial charge < -0.3 is 25.4 Å². The van der Waals surface area contributed by atoms with Crippen LogP contribution in [0.15, 0.2) is 36.4 Å². The molecule has 15 heteroatoms. The second-order valence-corrected chi connectivity index (χ2v) is 18.9. The molecule has 2 saturated carbocycles.